The second-order valence-electron chi connectivity index (χ2n) is 4.00. The first-order valence-electron chi connectivity index (χ1n) is 5.30. The summed E-state index contributed by atoms with van der Waals surface area (Å²) in [6.07, 6.45) is 0. The van der Waals surface area contributed by atoms with Gasteiger partial charge < -0.3 is 0 Å². The Bertz CT molecular complexity index is 580. The van der Waals surface area contributed by atoms with Crippen molar-refractivity contribution in [3.05, 3.63) is 34.4 Å². The fourth-order valence-corrected chi connectivity index (χ4v) is 1.91. The zero-order valence-corrected chi connectivity index (χ0v) is 11.1. The minimum absolute atomic E-state index is 0.179. The minimum atomic E-state index is -3.94. The lowest BCUT2D eigenvalue weighted by Crippen LogP contribution is -2.43. The van der Waals surface area contributed by atoms with Crippen LogP contribution in [0.2, 0.25) is 0 Å². The summed E-state index contributed by atoms with van der Waals surface area (Å²) in [5.74, 6) is -0.856. The van der Waals surface area contributed by atoms with Gasteiger partial charge in [0.2, 0.25) is 5.91 Å². The van der Waals surface area contributed by atoms with Crippen LogP contribution < -0.4 is 10.3 Å². The molecule has 0 heterocycles. The second kappa shape index (κ2) is 5.76. The Kier molecular flexibility index (Phi) is 4.57. The number of rotatable bonds is 5. The standard InChI is InChI=1S/C10H13N3O5S/c1-7(2)10(14)11-12-19(17,18)9-5-3-8(4-6-9)13(15)16/h3-7,12H,1-2H3,(H,11,14). The Morgan fingerprint density at radius 3 is 2.21 bits per heavy atom. The summed E-state index contributed by atoms with van der Waals surface area (Å²) < 4.78 is 23.5. The van der Waals surface area contributed by atoms with E-state index in [0.29, 0.717) is 0 Å². The van der Waals surface area contributed by atoms with Crippen LogP contribution in [-0.4, -0.2) is 19.2 Å². The molecule has 104 valence electrons. The highest BCUT2D eigenvalue weighted by atomic mass is 32.2. The molecule has 0 aromatic heterocycles. The van der Waals surface area contributed by atoms with Crippen molar-refractivity contribution < 1.29 is 18.1 Å². The van der Waals surface area contributed by atoms with Crippen molar-refractivity contribution in [1.29, 1.82) is 0 Å². The van der Waals surface area contributed by atoms with Gasteiger partial charge in [-0.1, -0.05) is 13.8 Å². The van der Waals surface area contributed by atoms with E-state index in [1.807, 2.05) is 10.3 Å². The maximum absolute atomic E-state index is 11.7. The highest BCUT2D eigenvalue weighted by Crippen LogP contribution is 2.15. The third kappa shape index (κ3) is 4.00. The van der Waals surface area contributed by atoms with Crippen LogP contribution >= 0.6 is 0 Å². The number of sulfonamides is 1. The van der Waals surface area contributed by atoms with Crippen LogP contribution in [0.15, 0.2) is 29.2 Å². The molecular weight excluding hydrogens is 274 g/mol. The van der Waals surface area contributed by atoms with Gasteiger partial charge >= 0.3 is 0 Å². The lowest BCUT2D eigenvalue weighted by atomic mass is 10.2. The SMILES string of the molecule is CC(C)C(=O)NNS(=O)(=O)c1ccc([N+](=O)[O-])cc1. The van der Waals surface area contributed by atoms with Crippen LogP contribution in [-0.2, 0) is 14.8 Å². The van der Waals surface area contributed by atoms with E-state index < -0.39 is 20.9 Å². The van der Waals surface area contributed by atoms with Crippen molar-refractivity contribution in [3.63, 3.8) is 0 Å². The second-order valence-corrected chi connectivity index (χ2v) is 5.68. The van der Waals surface area contributed by atoms with E-state index in [1.165, 1.54) is 0 Å². The number of hydrazine groups is 1. The summed E-state index contributed by atoms with van der Waals surface area (Å²) in [6.45, 7) is 3.21. The number of nitrogens with one attached hydrogen (secondary N) is 2. The molecule has 0 saturated heterocycles. The Morgan fingerprint density at radius 1 is 1.26 bits per heavy atom. The maximum atomic E-state index is 11.7. The van der Waals surface area contributed by atoms with Crippen LogP contribution in [0.1, 0.15) is 13.8 Å². The van der Waals surface area contributed by atoms with Crippen molar-refractivity contribution in [2.45, 2.75) is 18.7 Å². The van der Waals surface area contributed by atoms with Gasteiger partial charge in [-0.05, 0) is 12.1 Å². The quantitative estimate of drug-likeness (QED) is 0.606. The molecule has 0 aliphatic heterocycles. The predicted molar refractivity (Wildman–Crippen MR) is 66.4 cm³/mol. The molecule has 0 fully saturated rings. The number of nitrogens with zero attached hydrogens (tertiary/aromatic N) is 1. The minimum Gasteiger partial charge on any atom is -0.277 e. The van der Waals surface area contributed by atoms with E-state index in [9.17, 15) is 23.3 Å². The molecule has 0 saturated carbocycles. The summed E-state index contributed by atoms with van der Waals surface area (Å²) in [5.41, 5.74) is 1.83. The van der Waals surface area contributed by atoms with E-state index >= 15 is 0 Å². The number of carbonyl (C=O) groups is 1. The lowest BCUT2D eigenvalue weighted by molar-refractivity contribution is -0.384. The fourth-order valence-electron chi connectivity index (χ4n) is 1.07. The molecule has 0 unspecified atom stereocenters. The molecule has 0 aliphatic rings. The average molecular weight is 287 g/mol. The van der Waals surface area contributed by atoms with Gasteiger partial charge in [0.05, 0.1) is 9.82 Å². The van der Waals surface area contributed by atoms with Crippen LogP contribution in [0.3, 0.4) is 0 Å². The largest absolute Gasteiger partial charge is 0.277 e. The van der Waals surface area contributed by atoms with Gasteiger partial charge in [0.15, 0.2) is 0 Å². The molecule has 1 aromatic rings. The van der Waals surface area contributed by atoms with Crippen molar-refractivity contribution in [2.75, 3.05) is 0 Å². The summed E-state index contributed by atoms with van der Waals surface area (Å²) >= 11 is 0. The van der Waals surface area contributed by atoms with Gasteiger partial charge in [0, 0.05) is 18.1 Å². The Balaban J connectivity index is 2.83. The Morgan fingerprint density at radius 2 is 1.79 bits per heavy atom. The molecule has 0 radical (unpaired) electrons. The predicted octanol–water partition coefficient (Wildman–Crippen LogP) is 0.560. The molecule has 1 rings (SSSR count). The first-order valence-corrected chi connectivity index (χ1v) is 6.78. The van der Waals surface area contributed by atoms with Gasteiger partial charge in [-0.2, -0.15) is 0 Å². The average Bonchev–Trinajstić information content (AvgIpc) is 2.36. The molecule has 0 atom stereocenters. The number of hydrogen-bond donors (Lipinski definition) is 2. The molecular formula is C10H13N3O5S. The van der Waals surface area contributed by atoms with Crippen LogP contribution in [0, 0.1) is 16.0 Å². The number of hydrogen-bond acceptors (Lipinski definition) is 5. The van der Waals surface area contributed by atoms with E-state index in [-0.39, 0.29) is 16.5 Å². The molecule has 1 amide bonds. The third-order valence-corrected chi connectivity index (χ3v) is 3.45. The van der Waals surface area contributed by atoms with Crippen molar-refractivity contribution >= 4 is 21.6 Å². The fraction of sp³-hybridized carbons (Fsp3) is 0.300. The van der Waals surface area contributed by atoms with Crippen LogP contribution in [0.25, 0.3) is 0 Å². The Labute approximate surface area is 110 Å². The van der Waals surface area contributed by atoms with Gasteiger partial charge in [0.25, 0.3) is 15.7 Å². The maximum Gasteiger partial charge on any atom is 0.269 e. The summed E-state index contributed by atoms with van der Waals surface area (Å²) in [6, 6.07) is 4.31. The number of nitro benzene ring substituents is 1. The summed E-state index contributed by atoms with van der Waals surface area (Å²) in [7, 11) is -3.94. The lowest BCUT2D eigenvalue weighted by Gasteiger charge is -2.09. The number of non-ortho nitro benzene ring substituents is 1. The molecule has 0 aliphatic carbocycles. The molecule has 8 nitrogen and oxygen atoms in total. The molecule has 19 heavy (non-hydrogen) atoms. The van der Waals surface area contributed by atoms with Gasteiger partial charge in [-0.15, -0.1) is 4.83 Å². The molecule has 2 N–H and O–H groups in total. The molecule has 9 heteroatoms. The number of amides is 1. The summed E-state index contributed by atoms with van der Waals surface area (Å²) in [5, 5.41) is 10.4. The van der Waals surface area contributed by atoms with Crippen LogP contribution in [0.5, 0.6) is 0 Å². The number of benzene rings is 1. The topological polar surface area (TPSA) is 118 Å². The van der Waals surface area contributed by atoms with E-state index in [0.717, 1.165) is 24.3 Å². The smallest absolute Gasteiger partial charge is 0.269 e. The molecule has 0 spiro atoms. The highest BCUT2D eigenvalue weighted by molar-refractivity contribution is 7.89. The molecule has 1 aromatic carbocycles. The zero-order chi connectivity index (χ0) is 14.6. The monoisotopic (exact) mass is 287 g/mol. The normalized spacial score (nSPS) is 11.3. The first kappa shape index (κ1) is 15.1. The van der Waals surface area contributed by atoms with Crippen molar-refractivity contribution in [3.8, 4) is 0 Å². The van der Waals surface area contributed by atoms with E-state index in [1.54, 1.807) is 13.8 Å². The van der Waals surface area contributed by atoms with E-state index in [4.69, 9.17) is 0 Å². The summed E-state index contributed by atoms with van der Waals surface area (Å²) in [4.78, 5) is 22.8. The van der Waals surface area contributed by atoms with Crippen molar-refractivity contribution in [1.82, 2.24) is 10.3 Å². The van der Waals surface area contributed by atoms with Gasteiger partial charge in [0.1, 0.15) is 0 Å². The van der Waals surface area contributed by atoms with Crippen molar-refractivity contribution in [2.24, 2.45) is 5.92 Å². The number of nitro groups is 1. The zero-order valence-electron chi connectivity index (χ0n) is 10.3. The van der Waals surface area contributed by atoms with E-state index in [2.05, 4.69) is 0 Å². The highest BCUT2D eigenvalue weighted by Gasteiger charge is 2.17. The number of carbonyl (C=O) groups excluding carboxylic acids is 1. The Hall–Kier alpha value is -2.00. The van der Waals surface area contributed by atoms with Gasteiger partial charge in [-0.25, -0.2) is 8.42 Å². The third-order valence-electron chi connectivity index (χ3n) is 2.19. The molecule has 0 bridgehead atoms. The van der Waals surface area contributed by atoms with Crippen LogP contribution in [0.4, 0.5) is 5.69 Å². The first-order chi connectivity index (χ1) is 8.74. The van der Waals surface area contributed by atoms with Gasteiger partial charge in [-0.3, -0.25) is 20.3 Å².